The van der Waals surface area contributed by atoms with E-state index in [4.69, 9.17) is 9.97 Å². The lowest BCUT2D eigenvalue weighted by molar-refractivity contribution is 0.426. The van der Waals surface area contributed by atoms with Crippen molar-refractivity contribution in [2.24, 2.45) is 0 Å². The smallest absolute Gasteiger partial charge is 0.423 e. The van der Waals surface area contributed by atoms with Crippen LogP contribution in [0.3, 0.4) is 0 Å². The maximum atomic E-state index is 9.63. The monoisotopic (exact) mass is 385 g/mol. The first-order valence-corrected chi connectivity index (χ1v) is 9.71. The highest BCUT2D eigenvalue weighted by Crippen LogP contribution is 2.28. The van der Waals surface area contributed by atoms with Gasteiger partial charge in [0.2, 0.25) is 0 Å². The molecular weight excluding hydrogens is 365 g/mol. The van der Waals surface area contributed by atoms with Crippen molar-refractivity contribution in [1.29, 1.82) is 0 Å². The molecule has 0 atom stereocenters. The summed E-state index contributed by atoms with van der Waals surface area (Å²) in [4.78, 5) is 9.54. The molecule has 0 radical (unpaired) electrons. The lowest BCUT2D eigenvalue weighted by Crippen LogP contribution is -2.30. The molecule has 29 heavy (non-hydrogen) atoms. The Bertz CT molecular complexity index is 1180. The lowest BCUT2D eigenvalue weighted by atomic mass is 9.78. The van der Waals surface area contributed by atoms with Crippen LogP contribution in [0.5, 0.6) is 0 Å². The predicted octanol–water partition coefficient (Wildman–Crippen LogP) is 1.60. The fourth-order valence-corrected chi connectivity index (χ4v) is 3.90. The third kappa shape index (κ3) is 3.26. The highest BCUT2D eigenvalue weighted by molar-refractivity contribution is 6.61. The third-order valence-corrected chi connectivity index (χ3v) is 5.34. The molecule has 2 aromatic heterocycles. The van der Waals surface area contributed by atoms with Crippen molar-refractivity contribution in [3.63, 3.8) is 0 Å². The topological polar surface area (TPSA) is 96.1 Å². The van der Waals surface area contributed by atoms with Crippen LogP contribution in [0.15, 0.2) is 54.7 Å². The molecule has 3 N–H and O–H groups in total. The van der Waals surface area contributed by atoms with Crippen LogP contribution in [-0.4, -0.2) is 36.9 Å². The van der Waals surface area contributed by atoms with Gasteiger partial charge in [-0.05, 0) is 36.4 Å². The van der Waals surface area contributed by atoms with Crippen LogP contribution in [0.25, 0.3) is 16.9 Å². The van der Waals surface area contributed by atoms with E-state index in [2.05, 4.69) is 22.5 Å². The summed E-state index contributed by atoms with van der Waals surface area (Å²) >= 11 is 0. The van der Waals surface area contributed by atoms with Gasteiger partial charge in [0, 0.05) is 17.5 Å². The number of hydrogen-bond donors (Lipinski definition) is 3. The quantitative estimate of drug-likeness (QED) is 0.452. The lowest BCUT2D eigenvalue weighted by Gasteiger charge is -2.13. The van der Waals surface area contributed by atoms with E-state index in [1.807, 2.05) is 24.3 Å². The van der Waals surface area contributed by atoms with Crippen molar-refractivity contribution >= 4 is 29.3 Å². The van der Waals surface area contributed by atoms with Gasteiger partial charge in [-0.1, -0.05) is 42.5 Å². The van der Waals surface area contributed by atoms with Gasteiger partial charge >= 0.3 is 7.12 Å². The molecule has 0 fully saturated rings. The summed E-state index contributed by atoms with van der Waals surface area (Å²) < 4.78 is 1.66. The van der Waals surface area contributed by atoms with E-state index in [-0.39, 0.29) is 0 Å². The SMILES string of the molecule is OB(O)c1cccc2c1cnn2-c1nc2c(c(NCc3ccccc3)n1)CCC2. The number of rotatable bonds is 5. The summed E-state index contributed by atoms with van der Waals surface area (Å²) in [5.74, 6) is 1.33. The molecule has 0 bridgehead atoms. The first-order chi connectivity index (χ1) is 14.2. The molecule has 144 valence electrons. The van der Waals surface area contributed by atoms with E-state index in [1.54, 1.807) is 23.0 Å². The fraction of sp³-hybridized carbons (Fsp3) is 0.190. The molecule has 4 aromatic rings. The molecule has 0 spiro atoms. The molecule has 2 aromatic carbocycles. The molecule has 8 heteroatoms. The van der Waals surface area contributed by atoms with Crippen LogP contribution in [0, 0.1) is 0 Å². The van der Waals surface area contributed by atoms with Crippen molar-refractivity contribution in [1.82, 2.24) is 19.7 Å². The zero-order valence-corrected chi connectivity index (χ0v) is 15.8. The first kappa shape index (κ1) is 17.8. The van der Waals surface area contributed by atoms with E-state index in [1.165, 1.54) is 11.1 Å². The van der Waals surface area contributed by atoms with Crippen molar-refractivity contribution in [3.05, 3.63) is 71.5 Å². The van der Waals surface area contributed by atoms with Gasteiger partial charge in [-0.3, -0.25) is 0 Å². The number of aromatic nitrogens is 4. The normalized spacial score (nSPS) is 12.9. The molecule has 0 unspecified atom stereocenters. The highest BCUT2D eigenvalue weighted by Gasteiger charge is 2.22. The van der Waals surface area contributed by atoms with Crippen LogP contribution in [-0.2, 0) is 19.4 Å². The Hall–Kier alpha value is -3.23. The summed E-state index contributed by atoms with van der Waals surface area (Å²) in [5.41, 5.74) is 4.56. The number of aryl methyl sites for hydroxylation is 1. The zero-order valence-electron chi connectivity index (χ0n) is 15.8. The molecule has 0 aliphatic heterocycles. The zero-order chi connectivity index (χ0) is 19.8. The van der Waals surface area contributed by atoms with Gasteiger partial charge < -0.3 is 15.4 Å². The molecular formula is C21H20BN5O2. The molecule has 2 heterocycles. The average Bonchev–Trinajstić information content (AvgIpc) is 3.39. The Morgan fingerprint density at radius 2 is 1.86 bits per heavy atom. The molecule has 0 saturated carbocycles. The first-order valence-electron chi connectivity index (χ1n) is 9.71. The van der Waals surface area contributed by atoms with Crippen LogP contribution >= 0.6 is 0 Å². The van der Waals surface area contributed by atoms with E-state index in [9.17, 15) is 10.0 Å². The van der Waals surface area contributed by atoms with Gasteiger partial charge in [0.15, 0.2) is 0 Å². The maximum Gasteiger partial charge on any atom is 0.489 e. The number of benzene rings is 2. The summed E-state index contributed by atoms with van der Waals surface area (Å²) in [5, 5.41) is 27.8. The van der Waals surface area contributed by atoms with Gasteiger partial charge in [0.1, 0.15) is 5.82 Å². The molecule has 5 rings (SSSR count). The van der Waals surface area contributed by atoms with Gasteiger partial charge in [0.05, 0.1) is 17.4 Å². The maximum absolute atomic E-state index is 9.63. The second-order valence-corrected chi connectivity index (χ2v) is 7.20. The highest BCUT2D eigenvalue weighted by atomic mass is 16.4. The standard InChI is InChI=1S/C21H20BN5O2/c28-22(29)17-9-5-11-19-16(17)13-24-27(19)21-25-18-10-4-8-15(18)20(26-21)23-12-14-6-2-1-3-7-14/h1-3,5-7,9,11,13,28-29H,4,8,10,12H2,(H,23,25,26). The summed E-state index contributed by atoms with van der Waals surface area (Å²) in [6.07, 6.45) is 4.57. The fourth-order valence-electron chi connectivity index (χ4n) is 3.90. The molecule has 7 nitrogen and oxygen atoms in total. The van der Waals surface area contributed by atoms with E-state index < -0.39 is 7.12 Å². The largest absolute Gasteiger partial charge is 0.489 e. The van der Waals surface area contributed by atoms with Gasteiger partial charge in [0.25, 0.3) is 5.95 Å². The molecule has 0 amide bonds. The molecule has 0 saturated heterocycles. The molecule has 1 aliphatic carbocycles. The number of hydrogen-bond acceptors (Lipinski definition) is 6. The van der Waals surface area contributed by atoms with Crippen molar-refractivity contribution in [2.45, 2.75) is 25.8 Å². The van der Waals surface area contributed by atoms with E-state index in [0.29, 0.717) is 23.3 Å². The van der Waals surface area contributed by atoms with E-state index >= 15 is 0 Å². The van der Waals surface area contributed by atoms with Crippen molar-refractivity contribution < 1.29 is 10.0 Å². The van der Waals surface area contributed by atoms with Gasteiger partial charge in [-0.2, -0.15) is 14.8 Å². The summed E-state index contributed by atoms with van der Waals surface area (Å²) in [6.45, 7) is 0.685. The number of nitrogens with one attached hydrogen (secondary N) is 1. The Kier molecular flexibility index (Phi) is 4.50. The van der Waals surface area contributed by atoms with Crippen LogP contribution in [0.4, 0.5) is 5.82 Å². The second-order valence-electron chi connectivity index (χ2n) is 7.20. The summed E-state index contributed by atoms with van der Waals surface area (Å²) in [6, 6.07) is 15.5. The van der Waals surface area contributed by atoms with Crippen LogP contribution in [0.1, 0.15) is 23.2 Å². The Morgan fingerprint density at radius 1 is 1.00 bits per heavy atom. The van der Waals surface area contributed by atoms with Gasteiger partial charge in [-0.15, -0.1) is 0 Å². The molecule has 1 aliphatic rings. The van der Waals surface area contributed by atoms with Crippen LogP contribution in [0.2, 0.25) is 0 Å². The van der Waals surface area contributed by atoms with Crippen LogP contribution < -0.4 is 10.8 Å². The van der Waals surface area contributed by atoms with Crippen molar-refractivity contribution in [3.8, 4) is 5.95 Å². The number of nitrogens with zero attached hydrogens (tertiary/aromatic N) is 4. The Labute approximate surface area is 168 Å². The third-order valence-electron chi connectivity index (χ3n) is 5.34. The minimum Gasteiger partial charge on any atom is -0.423 e. The Morgan fingerprint density at radius 3 is 2.69 bits per heavy atom. The summed E-state index contributed by atoms with van der Waals surface area (Å²) in [7, 11) is -1.56. The minimum absolute atomic E-state index is 0.414. The number of fused-ring (bicyclic) bond motifs is 2. The van der Waals surface area contributed by atoms with Gasteiger partial charge in [-0.25, -0.2) is 4.98 Å². The predicted molar refractivity (Wildman–Crippen MR) is 112 cm³/mol. The second kappa shape index (κ2) is 7.31. The van der Waals surface area contributed by atoms with Crippen molar-refractivity contribution in [2.75, 3.05) is 5.32 Å². The Balaban J connectivity index is 1.56. The van der Waals surface area contributed by atoms with E-state index in [0.717, 1.165) is 36.3 Å². The number of anilines is 1. The minimum atomic E-state index is -1.56. The average molecular weight is 385 g/mol.